The van der Waals surface area contributed by atoms with Gasteiger partial charge in [-0.05, 0) is 101 Å². The van der Waals surface area contributed by atoms with Crippen molar-refractivity contribution in [2.24, 2.45) is 0 Å². The highest BCUT2D eigenvalue weighted by Crippen LogP contribution is 2.36. The minimum Gasteiger partial charge on any atom is -0.493 e. The van der Waals surface area contributed by atoms with E-state index in [1.165, 1.54) is 9.13 Å². The summed E-state index contributed by atoms with van der Waals surface area (Å²) in [5.41, 5.74) is 6.37. The summed E-state index contributed by atoms with van der Waals surface area (Å²) in [6, 6.07) is 18.2. The maximum absolute atomic E-state index is 9.83. The van der Waals surface area contributed by atoms with Crippen LogP contribution in [0.5, 0.6) is 11.5 Å². The molecule has 166 valence electrons. The first-order valence-corrected chi connectivity index (χ1v) is 12.1. The first-order chi connectivity index (χ1) is 15.9. The first-order valence-electron chi connectivity index (χ1n) is 10.2. The first kappa shape index (κ1) is 23.3. The molecule has 0 aliphatic carbocycles. The number of nitriles is 1. The van der Waals surface area contributed by atoms with Crippen LogP contribution in [0, 0.1) is 28.7 Å². The van der Waals surface area contributed by atoms with Crippen molar-refractivity contribution in [2.75, 3.05) is 7.11 Å². The van der Waals surface area contributed by atoms with Gasteiger partial charge >= 0.3 is 0 Å². The van der Waals surface area contributed by atoms with Crippen LogP contribution in [0.15, 0.2) is 53.0 Å². The standard InChI is InChI=1S/C26H21BrIN3O2/c1-15-8-22-23(9-16(15)2)31-26(30-22)19(13-29)10-18-11-24(32-3)25(12-21(18)27)33-14-17-4-6-20(28)7-5-17/h4-12H,14H2,1-3H3,(H,30,31)/b19-10+. The smallest absolute Gasteiger partial charge is 0.162 e. The SMILES string of the molecule is COc1cc(/C=C(\C#N)c2nc3cc(C)c(C)cc3[nH]2)c(Br)cc1OCc1ccc(I)cc1. The number of aromatic amines is 1. The number of imidazole rings is 1. The molecule has 0 unspecified atom stereocenters. The van der Waals surface area contributed by atoms with Crippen molar-refractivity contribution in [3.8, 4) is 17.6 Å². The molecule has 0 bridgehead atoms. The molecule has 0 fully saturated rings. The zero-order valence-corrected chi connectivity index (χ0v) is 22.1. The molecule has 1 aromatic heterocycles. The molecule has 4 aromatic rings. The monoisotopic (exact) mass is 613 g/mol. The van der Waals surface area contributed by atoms with Crippen molar-refractivity contribution in [3.63, 3.8) is 0 Å². The molecule has 0 saturated carbocycles. The topological polar surface area (TPSA) is 70.9 Å². The van der Waals surface area contributed by atoms with Gasteiger partial charge < -0.3 is 14.5 Å². The number of nitrogens with zero attached hydrogens (tertiary/aromatic N) is 2. The van der Waals surface area contributed by atoms with Crippen LogP contribution in [0.25, 0.3) is 22.7 Å². The quantitative estimate of drug-likeness (QED) is 0.184. The number of rotatable bonds is 6. The Kier molecular flexibility index (Phi) is 7.05. The van der Waals surface area contributed by atoms with E-state index in [1.807, 2.05) is 42.5 Å². The number of allylic oxidation sites excluding steroid dienone is 1. The predicted octanol–water partition coefficient (Wildman–Crippen LogP) is 7.20. The van der Waals surface area contributed by atoms with Gasteiger partial charge in [0.15, 0.2) is 11.5 Å². The molecular weight excluding hydrogens is 593 g/mol. The molecule has 0 spiro atoms. The zero-order valence-electron chi connectivity index (χ0n) is 18.4. The molecule has 0 radical (unpaired) electrons. The minimum absolute atomic E-state index is 0.427. The molecule has 0 amide bonds. The third-order valence-corrected chi connectivity index (χ3v) is 6.77. The Labute approximate surface area is 214 Å². The van der Waals surface area contributed by atoms with Crippen LogP contribution in [0.1, 0.15) is 28.1 Å². The Morgan fingerprint density at radius 2 is 1.85 bits per heavy atom. The van der Waals surface area contributed by atoms with E-state index in [-0.39, 0.29) is 0 Å². The highest BCUT2D eigenvalue weighted by Gasteiger charge is 2.13. The summed E-state index contributed by atoms with van der Waals surface area (Å²) in [4.78, 5) is 7.89. The third kappa shape index (κ3) is 5.23. The summed E-state index contributed by atoms with van der Waals surface area (Å²) in [6.07, 6.45) is 1.78. The fourth-order valence-electron chi connectivity index (χ4n) is 3.38. The van der Waals surface area contributed by atoms with Gasteiger partial charge in [-0.15, -0.1) is 0 Å². The lowest BCUT2D eigenvalue weighted by atomic mass is 10.1. The number of H-pyrrole nitrogens is 1. The van der Waals surface area contributed by atoms with Crippen LogP contribution in [0.2, 0.25) is 0 Å². The Morgan fingerprint density at radius 1 is 1.12 bits per heavy atom. The number of hydrogen-bond acceptors (Lipinski definition) is 4. The lowest BCUT2D eigenvalue weighted by Crippen LogP contribution is -1.98. The number of ether oxygens (including phenoxy) is 2. The second kappa shape index (κ2) is 9.98. The van der Waals surface area contributed by atoms with Crippen LogP contribution in [-0.2, 0) is 6.61 Å². The van der Waals surface area contributed by atoms with Crippen LogP contribution < -0.4 is 9.47 Å². The molecule has 1 N–H and O–H groups in total. The largest absolute Gasteiger partial charge is 0.493 e. The van der Waals surface area contributed by atoms with E-state index in [9.17, 15) is 5.26 Å². The molecule has 0 aliphatic heterocycles. The zero-order chi connectivity index (χ0) is 23.5. The van der Waals surface area contributed by atoms with Crippen LogP contribution in [0.3, 0.4) is 0 Å². The average molecular weight is 614 g/mol. The highest BCUT2D eigenvalue weighted by atomic mass is 127. The second-order valence-electron chi connectivity index (χ2n) is 7.65. The van der Waals surface area contributed by atoms with Gasteiger partial charge in [0.05, 0.1) is 23.7 Å². The third-order valence-electron chi connectivity index (χ3n) is 5.36. The van der Waals surface area contributed by atoms with E-state index in [4.69, 9.17) is 9.47 Å². The Morgan fingerprint density at radius 3 is 2.55 bits per heavy atom. The number of fused-ring (bicyclic) bond motifs is 1. The maximum atomic E-state index is 9.83. The van der Waals surface area contributed by atoms with Crippen molar-refractivity contribution >= 4 is 61.2 Å². The highest BCUT2D eigenvalue weighted by molar-refractivity contribution is 14.1. The summed E-state index contributed by atoms with van der Waals surface area (Å²) in [6.45, 7) is 4.54. The number of aryl methyl sites for hydroxylation is 2. The molecule has 33 heavy (non-hydrogen) atoms. The fourth-order valence-corrected chi connectivity index (χ4v) is 4.18. The van der Waals surface area contributed by atoms with Crippen LogP contribution in [0.4, 0.5) is 0 Å². The number of nitrogens with one attached hydrogen (secondary N) is 1. The van der Waals surface area contributed by atoms with Crippen molar-refractivity contribution in [1.29, 1.82) is 5.26 Å². The van der Waals surface area contributed by atoms with Gasteiger partial charge in [-0.25, -0.2) is 4.98 Å². The van der Waals surface area contributed by atoms with Crippen molar-refractivity contribution in [1.82, 2.24) is 9.97 Å². The Bertz CT molecular complexity index is 1360. The molecule has 0 aliphatic rings. The number of halogens is 2. The lowest BCUT2D eigenvalue weighted by Gasteiger charge is -2.13. The van der Waals surface area contributed by atoms with E-state index in [0.717, 1.165) is 32.2 Å². The van der Waals surface area contributed by atoms with Crippen LogP contribution >= 0.6 is 38.5 Å². The molecule has 5 nitrogen and oxygen atoms in total. The molecule has 3 aromatic carbocycles. The van der Waals surface area contributed by atoms with Gasteiger partial charge in [0.25, 0.3) is 0 Å². The Balaban J connectivity index is 1.65. The van der Waals surface area contributed by atoms with Crippen molar-refractivity contribution in [3.05, 3.63) is 84.7 Å². The molecule has 0 atom stereocenters. The fraction of sp³-hybridized carbons (Fsp3) is 0.154. The lowest BCUT2D eigenvalue weighted by molar-refractivity contribution is 0.284. The Hall–Kier alpha value is -2.83. The summed E-state index contributed by atoms with van der Waals surface area (Å²) in [5.74, 6) is 1.73. The van der Waals surface area contributed by atoms with E-state index in [0.29, 0.717) is 29.5 Å². The van der Waals surface area contributed by atoms with Gasteiger partial charge in [-0.1, -0.05) is 28.1 Å². The summed E-state index contributed by atoms with van der Waals surface area (Å²) in [7, 11) is 1.60. The molecule has 4 rings (SSSR count). The predicted molar refractivity (Wildman–Crippen MR) is 143 cm³/mol. The number of methoxy groups -OCH3 is 1. The normalized spacial score (nSPS) is 11.5. The molecule has 1 heterocycles. The number of aromatic nitrogens is 2. The van der Waals surface area contributed by atoms with Gasteiger partial charge in [0.1, 0.15) is 18.5 Å². The molecule has 0 saturated heterocycles. The minimum atomic E-state index is 0.427. The summed E-state index contributed by atoms with van der Waals surface area (Å²) in [5, 5.41) is 9.83. The van der Waals surface area contributed by atoms with E-state index >= 15 is 0 Å². The van der Waals surface area contributed by atoms with Gasteiger partial charge in [-0.3, -0.25) is 0 Å². The number of hydrogen-bond donors (Lipinski definition) is 1. The van der Waals surface area contributed by atoms with Crippen molar-refractivity contribution < 1.29 is 9.47 Å². The van der Waals surface area contributed by atoms with E-state index in [1.54, 1.807) is 13.2 Å². The molecular formula is C26H21BrIN3O2. The van der Waals surface area contributed by atoms with Crippen LogP contribution in [-0.4, -0.2) is 17.1 Å². The summed E-state index contributed by atoms with van der Waals surface area (Å²) >= 11 is 5.89. The van der Waals surface area contributed by atoms with Gasteiger partial charge in [-0.2, -0.15) is 5.26 Å². The number of benzene rings is 3. The second-order valence-corrected chi connectivity index (χ2v) is 9.75. The van der Waals surface area contributed by atoms with E-state index in [2.05, 4.69) is 74.5 Å². The van der Waals surface area contributed by atoms with Crippen molar-refractivity contribution in [2.45, 2.75) is 20.5 Å². The van der Waals surface area contributed by atoms with Gasteiger partial charge in [0.2, 0.25) is 0 Å². The van der Waals surface area contributed by atoms with Gasteiger partial charge in [0, 0.05) is 8.04 Å². The summed E-state index contributed by atoms with van der Waals surface area (Å²) < 4.78 is 13.5. The average Bonchev–Trinajstić information content (AvgIpc) is 3.20. The molecule has 7 heteroatoms. The van der Waals surface area contributed by atoms with E-state index < -0.39 is 0 Å². The maximum Gasteiger partial charge on any atom is 0.162 e.